The second kappa shape index (κ2) is 9.02. The van der Waals surface area contributed by atoms with E-state index in [-0.39, 0.29) is 0 Å². The SMILES string of the molecule is CCc1cnc(N2CCC(c3cc4cc(-c5ccc(S(C)=O)cc5F)ncc4o3)CC2)nc1. The first-order valence-electron chi connectivity index (χ1n) is 11.1. The van der Waals surface area contributed by atoms with Crippen molar-refractivity contribution in [1.29, 1.82) is 0 Å². The lowest BCUT2D eigenvalue weighted by molar-refractivity contribution is 0.419. The molecule has 0 N–H and O–H groups in total. The molecule has 1 aliphatic rings. The average Bonchev–Trinajstić information content (AvgIpc) is 3.27. The van der Waals surface area contributed by atoms with Crippen molar-refractivity contribution < 1.29 is 13.0 Å². The van der Waals surface area contributed by atoms with Gasteiger partial charge in [-0.05, 0) is 55.2 Å². The molecular formula is C25H25FN4O2S. The monoisotopic (exact) mass is 464 g/mol. The highest BCUT2D eigenvalue weighted by atomic mass is 32.2. The van der Waals surface area contributed by atoms with Gasteiger partial charge in [0.15, 0.2) is 5.58 Å². The van der Waals surface area contributed by atoms with Crippen LogP contribution in [-0.2, 0) is 17.2 Å². The first-order valence-corrected chi connectivity index (χ1v) is 12.7. The van der Waals surface area contributed by atoms with Gasteiger partial charge in [0.05, 0.1) is 11.9 Å². The second-order valence-electron chi connectivity index (χ2n) is 8.36. The number of hydrogen-bond donors (Lipinski definition) is 0. The number of benzene rings is 1. The van der Waals surface area contributed by atoms with Crippen molar-refractivity contribution >= 4 is 27.7 Å². The highest BCUT2D eigenvalue weighted by Crippen LogP contribution is 2.34. The van der Waals surface area contributed by atoms with Gasteiger partial charge >= 0.3 is 0 Å². The van der Waals surface area contributed by atoms with Crippen LogP contribution in [0.3, 0.4) is 0 Å². The zero-order chi connectivity index (χ0) is 22.9. The van der Waals surface area contributed by atoms with E-state index in [0.29, 0.717) is 27.7 Å². The first kappa shape index (κ1) is 21.7. The number of furan rings is 1. The molecule has 33 heavy (non-hydrogen) atoms. The molecule has 0 radical (unpaired) electrons. The maximum Gasteiger partial charge on any atom is 0.225 e. The molecular weight excluding hydrogens is 439 g/mol. The summed E-state index contributed by atoms with van der Waals surface area (Å²) in [4.78, 5) is 16.1. The van der Waals surface area contributed by atoms with Gasteiger partial charge in [-0.1, -0.05) is 6.92 Å². The molecule has 1 saturated heterocycles. The molecule has 5 rings (SSSR count). The number of anilines is 1. The van der Waals surface area contributed by atoms with Crippen molar-refractivity contribution in [2.24, 2.45) is 0 Å². The van der Waals surface area contributed by atoms with Crippen LogP contribution in [0.4, 0.5) is 10.3 Å². The zero-order valence-electron chi connectivity index (χ0n) is 18.6. The summed E-state index contributed by atoms with van der Waals surface area (Å²) in [5.74, 6) is 1.59. The Labute approximate surface area is 194 Å². The fourth-order valence-electron chi connectivity index (χ4n) is 4.25. The van der Waals surface area contributed by atoms with E-state index < -0.39 is 16.6 Å². The van der Waals surface area contributed by atoms with Crippen LogP contribution in [0.2, 0.25) is 0 Å². The lowest BCUT2D eigenvalue weighted by Gasteiger charge is -2.31. The lowest BCUT2D eigenvalue weighted by Crippen LogP contribution is -2.34. The summed E-state index contributed by atoms with van der Waals surface area (Å²) in [5.41, 5.74) is 2.75. The van der Waals surface area contributed by atoms with E-state index in [0.717, 1.165) is 55.0 Å². The number of pyridine rings is 1. The minimum atomic E-state index is -1.23. The Hall–Kier alpha value is -3.13. The van der Waals surface area contributed by atoms with Gasteiger partial charge in [0.1, 0.15) is 11.6 Å². The van der Waals surface area contributed by atoms with E-state index in [1.165, 1.54) is 12.3 Å². The number of aromatic nitrogens is 3. The van der Waals surface area contributed by atoms with Gasteiger partial charge < -0.3 is 9.32 Å². The molecule has 8 heteroatoms. The number of fused-ring (bicyclic) bond motifs is 1. The van der Waals surface area contributed by atoms with Gasteiger partial charge in [0, 0.05) is 64.3 Å². The minimum absolute atomic E-state index is 0.308. The number of rotatable bonds is 5. The van der Waals surface area contributed by atoms with E-state index in [1.807, 2.05) is 24.5 Å². The number of halogens is 1. The highest BCUT2D eigenvalue weighted by Gasteiger charge is 2.25. The van der Waals surface area contributed by atoms with Gasteiger partial charge in [-0.15, -0.1) is 0 Å². The summed E-state index contributed by atoms with van der Waals surface area (Å²) < 4.78 is 32.3. The molecule has 0 aliphatic carbocycles. The molecule has 4 aromatic rings. The summed E-state index contributed by atoms with van der Waals surface area (Å²) >= 11 is 0. The van der Waals surface area contributed by atoms with Gasteiger partial charge in [0.25, 0.3) is 0 Å². The Bertz CT molecular complexity index is 1310. The predicted octanol–water partition coefficient (Wildman–Crippen LogP) is 5.11. The van der Waals surface area contributed by atoms with Gasteiger partial charge in [-0.3, -0.25) is 9.19 Å². The number of nitrogens with zero attached hydrogens (tertiary/aromatic N) is 4. The summed E-state index contributed by atoms with van der Waals surface area (Å²) in [6.45, 7) is 3.83. The van der Waals surface area contributed by atoms with Crippen LogP contribution in [0.5, 0.6) is 0 Å². The number of piperidine rings is 1. The van der Waals surface area contributed by atoms with Crippen molar-refractivity contribution in [3.8, 4) is 11.3 Å². The summed E-state index contributed by atoms with van der Waals surface area (Å²) in [5, 5.41) is 0.901. The molecule has 1 aromatic carbocycles. The molecule has 6 nitrogen and oxygen atoms in total. The highest BCUT2D eigenvalue weighted by molar-refractivity contribution is 7.84. The molecule has 0 bridgehead atoms. The average molecular weight is 465 g/mol. The molecule has 1 fully saturated rings. The third kappa shape index (κ3) is 4.39. The first-order chi connectivity index (χ1) is 16.0. The standard InChI is InChI=1S/C25H25FN4O2S/c1-3-16-13-28-25(29-14-16)30-8-6-17(7-9-30)23-11-18-10-22(27-15-24(18)32-23)20-5-4-19(33(2)31)12-21(20)26/h4-5,10-15,17H,3,6-9H2,1-2H3. The Balaban J connectivity index is 1.33. The van der Waals surface area contributed by atoms with Crippen LogP contribution >= 0.6 is 0 Å². The summed E-state index contributed by atoms with van der Waals surface area (Å²) in [7, 11) is -1.23. The fraction of sp³-hybridized carbons (Fsp3) is 0.320. The van der Waals surface area contributed by atoms with E-state index in [2.05, 4.69) is 26.8 Å². The molecule has 0 amide bonds. The third-order valence-electron chi connectivity index (χ3n) is 6.25. The lowest BCUT2D eigenvalue weighted by atomic mass is 9.94. The van der Waals surface area contributed by atoms with Crippen LogP contribution < -0.4 is 4.90 Å². The summed E-state index contributed by atoms with van der Waals surface area (Å²) in [6, 6.07) is 8.51. The van der Waals surface area contributed by atoms with Crippen LogP contribution in [0, 0.1) is 5.82 Å². The quantitative estimate of drug-likeness (QED) is 0.409. The van der Waals surface area contributed by atoms with Crippen LogP contribution in [0.25, 0.3) is 22.2 Å². The number of aryl methyl sites for hydroxylation is 1. The Morgan fingerprint density at radius 1 is 1.09 bits per heavy atom. The maximum absolute atomic E-state index is 14.6. The molecule has 3 aromatic heterocycles. The topological polar surface area (TPSA) is 72.1 Å². The smallest absolute Gasteiger partial charge is 0.225 e. The van der Waals surface area contributed by atoms with Gasteiger partial charge in [-0.25, -0.2) is 14.4 Å². The van der Waals surface area contributed by atoms with Crippen LogP contribution in [0.1, 0.15) is 37.0 Å². The minimum Gasteiger partial charge on any atom is -0.459 e. The van der Waals surface area contributed by atoms with Crippen molar-refractivity contribution in [2.75, 3.05) is 24.2 Å². The van der Waals surface area contributed by atoms with Crippen LogP contribution in [0.15, 0.2) is 58.2 Å². The van der Waals surface area contributed by atoms with Crippen LogP contribution in [-0.4, -0.2) is 38.5 Å². The molecule has 0 spiro atoms. The van der Waals surface area contributed by atoms with Crippen molar-refractivity contribution in [2.45, 2.75) is 37.0 Å². The predicted molar refractivity (Wildman–Crippen MR) is 127 cm³/mol. The summed E-state index contributed by atoms with van der Waals surface area (Å²) in [6.07, 6.45) is 9.81. The zero-order valence-corrected chi connectivity index (χ0v) is 19.4. The van der Waals surface area contributed by atoms with E-state index in [1.54, 1.807) is 18.3 Å². The van der Waals surface area contributed by atoms with Crippen molar-refractivity contribution in [1.82, 2.24) is 15.0 Å². The number of hydrogen-bond acceptors (Lipinski definition) is 6. The van der Waals surface area contributed by atoms with Gasteiger partial charge in [-0.2, -0.15) is 0 Å². The normalized spacial score (nSPS) is 15.8. The molecule has 1 unspecified atom stereocenters. The molecule has 4 heterocycles. The van der Waals surface area contributed by atoms with E-state index >= 15 is 0 Å². The van der Waals surface area contributed by atoms with E-state index in [4.69, 9.17) is 4.42 Å². The Morgan fingerprint density at radius 3 is 2.52 bits per heavy atom. The Morgan fingerprint density at radius 2 is 1.85 bits per heavy atom. The largest absolute Gasteiger partial charge is 0.459 e. The maximum atomic E-state index is 14.6. The third-order valence-corrected chi connectivity index (χ3v) is 7.17. The Kier molecular flexibility index (Phi) is 5.93. The van der Waals surface area contributed by atoms with Crippen molar-refractivity contribution in [3.63, 3.8) is 0 Å². The molecule has 1 atom stereocenters. The molecule has 0 saturated carbocycles. The van der Waals surface area contributed by atoms with Crippen molar-refractivity contribution in [3.05, 3.63) is 66.1 Å². The van der Waals surface area contributed by atoms with E-state index in [9.17, 15) is 8.60 Å². The fourth-order valence-corrected chi connectivity index (χ4v) is 4.78. The molecule has 1 aliphatic heterocycles. The second-order valence-corrected chi connectivity index (χ2v) is 9.74. The van der Waals surface area contributed by atoms with Gasteiger partial charge in [0.2, 0.25) is 5.95 Å². The molecule has 170 valence electrons.